The van der Waals surface area contributed by atoms with Crippen LogP contribution in [-0.2, 0) is 33.3 Å². The predicted octanol–water partition coefficient (Wildman–Crippen LogP) is 5.68. The van der Waals surface area contributed by atoms with E-state index in [4.69, 9.17) is 0 Å². The summed E-state index contributed by atoms with van der Waals surface area (Å²) < 4.78 is 62.5. The molecule has 222 valence electrons. The molecule has 1 aromatic heterocycles. The number of hydrogen-bond donors (Lipinski definition) is 2. The van der Waals surface area contributed by atoms with Crippen molar-refractivity contribution in [1.29, 1.82) is 0 Å². The highest BCUT2D eigenvalue weighted by Crippen LogP contribution is 2.44. The Hall–Kier alpha value is -2.93. The molecule has 0 atom stereocenters. The number of carbonyl (C=O) groups excluding carboxylic acids is 1. The van der Waals surface area contributed by atoms with Gasteiger partial charge in [0.25, 0.3) is 0 Å². The number of Topliss-reactive ketones (excluding diaryl/α,β-unsaturated/α-hetero) is 1. The summed E-state index contributed by atoms with van der Waals surface area (Å²) in [4.78, 5) is 17.4. The van der Waals surface area contributed by atoms with Crippen molar-refractivity contribution in [2.24, 2.45) is 0 Å². The van der Waals surface area contributed by atoms with Crippen LogP contribution in [0.2, 0.25) is 0 Å². The molecule has 0 spiro atoms. The van der Waals surface area contributed by atoms with Gasteiger partial charge < -0.3 is 19.7 Å². The molecule has 0 saturated heterocycles. The SMILES string of the molecule is CC(C)c1cc(-c2ccc3c(c2)OC(F)(F)O3)cc(C(C)C)c1CC(=O)CS(=O)(=O)c1sc(C(C)(C)O)nc1CO. The van der Waals surface area contributed by atoms with Gasteiger partial charge in [-0.25, -0.2) is 13.4 Å². The van der Waals surface area contributed by atoms with Crippen LogP contribution in [0, 0.1) is 0 Å². The standard InChI is InChI=1S/C29H33F2NO7S2/c1-15(2)20-9-18(17-7-8-24-25(11-17)39-29(30,31)38-24)10-21(16(3)4)22(20)12-19(34)14-41(36,37)26-23(13-33)32-27(40-26)28(5,6)35/h7-11,15-16,33,35H,12-14H2,1-6H3. The highest BCUT2D eigenvalue weighted by molar-refractivity contribution is 7.94. The number of rotatable bonds is 10. The maximum absolute atomic E-state index is 13.6. The molecule has 0 fully saturated rings. The van der Waals surface area contributed by atoms with Crippen LogP contribution in [0.3, 0.4) is 0 Å². The summed E-state index contributed by atoms with van der Waals surface area (Å²) in [6.45, 7) is 10.1. The summed E-state index contributed by atoms with van der Waals surface area (Å²) in [5.41, 5.74) is 2.23. The van der Waals surface area contributed by atoms with Gasteiger partial charge in [-0.1, -0.05) is 45.9 Å². The molecule has 1 aliphatic rings. The molecule has 0 saturated carbocycles. The number of nitrogens with zero attached hydrogens (tertiary/aromatic N) is 1. The van der Waals surface area contributed by atoms with Crippen LogP contribution in [0.25, 0.3) is 11.1 Å². The Balaban J connectivity index is 1.68. The predicted molar refractivity (Wildman–Crippen MR) is 150 cm³/mol. The molecule has 0 unspecified atom stereocenters. The lowest BCUT2D eigenvalue weighted by Crippen LogP contribution is -2.25. The van der Waals surface area contributed by atoms with Crippen molar-refractivity contribution in [2.75, 3.05) is 5.75 Å². The molecular formula is C29H33F2NO7S2. The fourth-order valence-electron chi connectivity index (χ4n) is 4.72. The minimum Gasteiger partial charge on any atom is -0.395 e. The number of halogens is 2. The molecule has 0 aliphatic carbocycles. The lowest BCUT2D eigenvalue weighted by molar-refractivity contribution is -0.286. The molecule has 1 aliphatic heterocycles. The number of aliphatic hydroxyl groups is 2. The van der Waals surface area contributed by atoms with Gasteiger partial charge >= 0.3 is 6.29 Å². The largest absolute Gasteiger partial charge is 0.586 e. The number of hydrogen-bond acceptors (Lipinski definition) is 9. The number of fused-ring (bicyclic) bond motifs is 1. The smallest absolute Gasteiger partial charge is 0.395 e. The summed E-state index contributed by atoms with van der Waals surface area (Å²) in [6, 6.07) is 8.31. The van der Waals surface area contributed by atoms with Crippen LogP contribution in [0.4, 0.5) is 8.78 Å². The van der Waals surface area contributed by atoms with E-state index in [9.17, 15) is 32.2 Å². The van der Waals surface area contributed by atoms with Crippen LogP contribution >= 0.6 is 11.3 Å². The van der Waals surface area contributed by atoms with E-state index >= 15 is 0 Å². The number of benzene rings is 2. The van der Waals surface area contributed by atoms with Gasteiger partial charge in [0, 0.05) is 6.42 Å². The Kier molecular flexibility index (Phi) is 8.36. The molecular weight excluding hydrogens is 576 g/mol. The van der Waals surface area contributed by atoms with Gasteiger partial charge in [-0.2, -0.15) is 0 Å². The molecule has 41 heavy (non-hydrogen) atoms. The normalized spacial score (nSPS) is 14.7. The van der Waals surface area contributed by atoms with Crippen LogP contribution in [-0.4, -0.2) is 41.4 Å². The second kappa shape index (κ2) is 11.0. The second-order valence-electron chi connectivity index (χ2n) is 11.2. The number of aromatic nitrogens is 1. The van der Waals surface area contributed by atoms with E-state index in [1.165, 1.54) is 26.0 Å². The van der Waals surface area contributed by atoms with E-state index in [1.807, 2.05) is 39.8 Å². The zero-order valence-electron chi connectivity index (χ0n) is 23.6. The summed E-state index contributed by atoms with van der Waals surface area (Å²) >= 11 is 0.743. The van der Waals surface area contributed by atoms with Crippen LogP contribution in [0.1, 0.15) is 80.8 Å². The highest BCUT2D eigenvalue weighted by atomic mass is 32.2. The van der Waals surface area contributed by atoms with Crippen molar-refractivity contribution in [1.82, 2.24) is 4.98 Å². The van der Waals surface area contributed by atoms with Gasteiger partial charge in [0.15, 0.2) is 27.1 Å². The van der Waals surface area contributed by atoms with E-state index in [-0.39, 0.29) is 44.7 Å². The van der Waals surface area contributed by atoms with Crippen LogP contribution in [0.15, 0.2) is 34.5 Å². The van der Waals surface area contributed by atoms with Crippen LogP contribution < -0.4 is 9.47 Å². The number of alkyl halides is 2. The van der Waals surface area contributed by atoms with Gasteiger partial charge in [0.2, 0.25) is 0 Å². The van der Waals surface area contributed by atoms with Crippen molar-refractivity contribution in [3.05, 3.63) is 57.7 Å². The molecule has 12 heteroatoms. The van der Waals surface area contributed by atoms with Crippen molar-refractivity contribution in [3.63, 3.8) is 0 Å². The first-order chi connectivity index (χ1) is 18.9. The second-order valence-corrected chi connectivity index (χ2v) is 14.4. The van der Waals surface area contributed by atoms with E-state index in [1.54, 1.807) is 6.07 Å². The van der Waals surface area contributed by atoms with E-state index in [0.717, 1.165) is 33.6 Å². The zero-order chi connectivity index (χ0) is 30.5. The summed E-state index contributed by atoms with van der Waals surface area (Å²) in [7, 11) is -4.15. The third kappa shape index (κ3) is 6.61. The topological polar surface area (TPSA) is 123 Å². The summed E-state index contributed by atoms with van der Waals surface area (Å²) in [6.07, 6.45) is -3.87. The van der Waals surface area contributed by atoms with Gasteiger partial charge in [0.05, 0.1) is 12.3 Å². The maximum Gasteiger partial charge on any atom is 0.586 e. The van der Waals surface area contributed by atoms with E-state index < -0.39 is 39.9 Å². The molecule has 0 bridgehead atoms. The monoisotopic (exact) mass is 609 g/mol. The summed E-state index contributed by atoms with van der Waals surface area (Å²) in [5, 5.41) is 20.1. The molecule has 0 radical (unpaired) electrons. The number of carbonyl (C=O) groups is 1. The Morgan fingerprint density at radius 1 is 1.02 bits per heavy atom. The molecule has 2 aromatic carbocycles. The Labute approximate surface area is 241 Å². The number of thiazole rings is 1. The lowest BCUT2D eigenvalue weighted by Gasteiger charge is -2.22. The fraction of sp³-hybridized carbons (Fsp3) is 0.448. The third-order valence-corrected chi connectivity index (χ3v) is 10.4. The molecule has 8 nitrogen and oxygen atoms in total. The minimum atomic E-state index is -4.15. The number of ether oxygens (including phenoxy) is 2. The van der Waals surface area contributed by atoms with E-state index in [2.05, 4.69) is 14.5 Å². The van der Waals surface area contributed by atoms with Gasteiger partial charge in [0.1, 0.15) is 20.6 Å². The average Bonchev–Trinajstić information content (AvgIpc) is 3.43. The van der Waals surface area contributed by atoms with Crippen molar-refractivity contribution in [2.45, 2.75) is 82.5 Å². The van der Waals surface area contributed by atoms with Gasteiger partial charge in [-0.05, 0) is 65.6 Å². The molecule has 2 heterocycles. The van der Waals surface area contributed by atoms with Crippen molar-refractivity contribution < 1.29 is 41.7 Å². The van der Waals surface area contributed by atoms with Gasteiger partial charge in [-0.3, -0.25) is 4.79 Å². The van der Waals surface area contributed by atoms with Crippen molar-refractivity contribution >= 4 is 27.0 Å². The molecule has 2 N–H and O–H groups in total. The fourth-order valence-corrected chi connectivity index (χ4v) is 7.57. The quantitative estimate of drug-likeness (QED) is 0.301. The first-order valence-electron chi connectivity index (χ1n) is 13.1. The average molecular weight is 610 g/mol. The molecule has 3 aromatic rings. The number of ketones is 1. The Morgan fingerprint density at radius 3 is 2.15 bits per heavy atom. The van der Waals surface area contributed by atoms with Crippen LogP contribution in [0.5, 0.6) is 11.5 Å². The zero-order valence-corrected chi connectivity index (χ0v) is 25.3. The maximum atomic E-state index is 13.6. The molecule has 4 rings (SSSR count). The van der Waals surface area contributed by atoms with E-state index in [0.29, 0.717) is 5.56 Å². The molecule has 0 amide bonds. The Morgan fingerprint density at radius 2 is 1.61 bits per heavy atom. The number of aliphatic hydroxyl groups excluding tert-OH is 1. The lowest BCUT2D eigenvalue weighted by atomic mass is 9.83. The number of sulfone groups is 1. The highest BCUT2D eigenvalue weighted by Gasteiger charge is 2.43. The Bertz CT molecular complexity index is 1560. The van der Waals surface area contributed by atoms with Crippen molar-refractivity contribution in [3.8, 4) is 22.6 Å². The first kappa shape index (κ1) is 31.0. The van der Waals surface area contributed by atoms with Gasteiger partial charge in [-0.15, -0.1) is 20.1 Å². The minimum absolute atomic E-state index is 0.0398. The third-order valence-electron chi connectivity index (χ3n) is 6.64. The summed E-state index contributed by atoms with van der Waals surface area (Å²) in [5.74, 6) is -1.54. The first-order valence-corrected chi connectivity index (χ1v) is 15.5.